The first-order chi connectivity index (χ1) is 17.2. The molecule has 3 aliphatic rings. The summed E-state index contributed by atoms with van der Waals surface area (Å²) in [5.41, 5.74) is 0.443. The number of nitro benzene ring substituents is 2. The van der Waals surface area contributed by atoms with Crippen LogP contribution >= 0.6 is 11.6 Å². The Morgan fingerprint density at radius 2 is 1.64 bits per heavy atom. The molecule has 186 valence electrons. The second-order valence-corrected chi connectivity index (χ2v) is 11.7. The standard InChI is InChI=1S/C23H20ClN5O6S/c24-22-18(29(32)33)6-3-7-21(22)36(34,35)23-19-10-15(25-23)20-11-26(12-27(19)20)16-8-9-17(28(30)31)14-5-2-1-4-13(14)16/h1-9,15,19-20,23,25H,10-12H2. The number of nitrogens with one attached hydrogen (secondary N) is 1. The van der Waals surface area contributed by atoms with E-state index >= 15 is 0 Å². The van der Waals surface area contributed by atoms with E-state index in [9.17, 15) is 28.6 Å². The number of nitrogens with zero attached hydrogens (tertiary/aromatic N) is 4. The molecule has 11 nitrogen and oxygen atoms in total. The van der Waals surface area contributed by atoms with Crippen LogP contribution in [0.3, 0.4) is 0 Å². The third-order valence-corrected chi connectivity index (χ3v) is 10.1. The van der Waals surface area contributed by atoms with Gasteiger partial charge in [-0.05, 0) is 24.6 Å². The molecule has 4 unspecified atom stereocenters. The molecule has 0 aliphatic carbocycles. The molecule has 6 rings (SSSR count). The van der Waals surface area contributed by atoms with Gasteiger partial charge in [0, 0.05) is 47.9 Å². The Morgan fingerprint density at radius 3 is 2.36 bits per heavy atom. The van der Waals surface area contributed by atoms with E-state index in [-0.39, 0.29) is 33.7 Å². The second kappa shape index (κ2) is 8.10. The molecule has 3 aromatic rings. The SMILES string of the molecule is O=[N+]([O-])c1cccc(S(=O)(=O)C2NC3CC2N2CN(c4ccc([N+](=O)[O-])c5ccccc45)CC32)c1Cl. The van der Waals surface area contributed by atoms with E-state index in [2.05, 4.69) is 15.1 Å². The Kier molecular flexibility index (Phi) is 5.20. The number of fused-ring (bicyclic) bond motifs is 6. The van der Waals surface area contributed by atoms with Crippen molar-refractivity contribution in [3.8, 4) is 0 Å². The van der Waals surface area contributed by atoms with Gasteiger partial charge in [-0.1, -0.05) is 35.9 Å². The zero-order chi connectivity index (χ0) is 25.4. The fraction of sp³-hybridized carbons (Fsp3) is 0.304. The molecule has 2 bridgehead atoms. The van der Waals surface area contributed by atoms with Crippen molar-refractivity contribution in [2.45, 2.75) is 34.8 Å². The predicted octanol–water partition coefficient (Wildman–Crippen LogP) is 3.30. The lowest BCUT2D eigenvalue weighted by molar-refractivity contribution is -0.384. The molecule has 13 heteroatoms. The zero-order valence-electron chi connectivity index (χ0n) is 18.7. The van der Waals surface area contributed by atoms with Gasteiger partial charge >= 0.3 is 0 Å². The number of rotatable bonds is 5. The summed E-state index contributed by atoms with van der Waals surface area (Å²) in [6.07, 6.45) is 0.635. The molecule has 3 saturated heterocycles. The van der Waals surface area contributed by atoms with Gasteiger partial charge in [-0.3, -0.25) is 30.4 Å². The number of sulfone groups is 1. The van der Waals surface area contributed by atoms with Crippen LogP contribution in [-0.2, 0) is 9.84 Å². The van der Waals surface area contributed by atoms with Gasteiger partial charge in [0.05, 0.1) is 26.8 Å². The lowest BCUT2D eigenvalue weighted by Gasteiger charge is -2.34. The Balaban J connectivity index is 1.31. The minimum atomic E-state index is -4.01. The first kappa shape index (κ1) is 23.1. The minimum Gasteiger partial charge on any atom is -0.356 e. The van der Waals surface area contributed by atoms with Gasteiger partial charge in [0.25, 0.3) is 11.4 Å². The molecule has 3 aliphatic heterocycles. The third-order valence-electron chi connectivity index (χ3n) is 7.48. The Labute approximate surface area is 210 Å². The fourth-order valence-corrected chi connectivity index (χ4v) is 8.37. The van der Waals surface area contributed by atoms with E-state index in [0.717, 1.165) is 11.1 Å². The summed E-state index contributed by atoms with van der Waals surface area (Å²) in [6.45, 7) is 1.10. The van der Waals surface area contributed by atoms with Gasteiger partial charge in [-0.15, -0.1) is 0 Å². The number of piperazine rings is 1. The van der Waals surface area contributed by atoms with Crippen LogP contribution in [-0.4, -0.2) is 59.9 Å². The molecule has 4 atom stereocenters. The molecule has 0 aromatic heterocycles. The monoisotopic (exact) mass is 529 g/mol. The Morgan fingerprint density at radius 1 is 0.917 bits per heavy atom. The number of nitro groups is 2. The molecule has 3 fully saturated rings. The Hall–Kier alpha value is -3.32. The maximum Gasteiger partial charge on any atom is 0.289 e. The normalized spacial score (nSPS) is 25.4. The Bertz CT molecular complexity index is 1550. The molecule has 0 saturated carbocycles. The number of anilines is 1. The van der Waals surface area contributed by atoms with E-state index in [1.165, 1.54) is 24.3 Å². The summed E-state index contributed by atoms with van der Waals surface area (Å²) in [6, 6.07) is 13.9. The average molecular weight is 530 g/mol. The van der Waals surface area contributed by atoms with Crippen LogP contribution in [0.1, 0.15) is 6.42 Å². The number of hydrogen-bond acceptors (Lipinski definition) is 9. The van der Waals surface area contributed by atoms with Crippen LogP contribution in [0.25, 0.3) is 10.8 Å². The van der Waals surface area contributed by atoms with Crippen molar-refractivity contribution in [1.29, 1.82) is 0 Å². The lowest BCUT2D eigenvalue weighted by atomic mass is 10.1. The molecular formula is C23H20ClN5O6S. The maximum absolute atomic E-state index is 13.6. The van der Waals surface area contributed by atoms with Crippen molar-refractivity contribution in [2.75, 3.05) is 18.1 Å². The quantitative estimate of drug-likeness (QED) is 0.389. The van der Waals surface area contributed by atoms with Crippen LogP contribution in [0.4, 0.5) is 17.1 Å². The van der Waals surface area contributed by atoms with Gasteiger partial charge in [0.1, 0.15) is 10.4 Å². The molecule has 3 aromatic carbocycles. The molecule has 0 amide bonds. The summed E-state index contributed by atoms with van der Waals surface area (Å²) in [5, 5.41) is 26.0. The molecule has 36 heavy (non-hydrogen) atoms. The summed E-state index contributed by atoms with van der Waals surface area (Å²) < 4.78 is 27.1. The maximum atomic E-state index is 13.6. The van der Waals surface area contributed by atoms with Crippen LogP contribution < -0.4 is 10.2 Å². The zero-order valence-corrected chi connectivity index (χ0v) is 20.2. The highest BCUT2D eigenvalue weighted by Gasteiger charge is 2.58. The third kappa shape index (κ3) is 3.29. The van der Waals surface area contributed by atoms with Crippen LogP contribution in [0.15, 0.2) is 59.5 Å². The predicted molar refractivity (Wildman–Crippen MR) is 133 cm³/mol. The van der Waals surface area contributed by atoms with Crippen LogP contribution in [0.2, 0.25) is 5.02 Å². The minimum absolute atomic E-state index is 0.0378. The van der Waals surface area contributed by atoms with Crippen LogP contribution in [0, 0.1) is 20.2 Å². The first-order valence-corrected chi connectivity index (χ1v) is 13.2. The molecular weight excluding hydrogens is 510 g/mol. The molecule has 0 spiro atoms. The van der Waals surface area contributed by atoms with Crippen molar-refractivity contribution >= 4 is 49.3 Å². The largest absolute Gasteiger partial charge is 0.356 e. The van der Waals surface area contributed by atoms with Gasteiger partial charge in [0.2, 0.25) is 0 Å². The highest BCUT2D eigenvalue weighted by molar-refractivity contribution is 7.92. The van der Waals surface area contributed by atoms with Gasteiger partial charge in [-0.2, -0.15) is 0 Å². The van der Waals surface area contributed by atoms with Crippen molar-refractivity contribution in [1.82, 2.24) is 10.2 Å². The van der Waals surface area contributed by atoms with E-state index < -0.39 is 30.7 Å². The molecule has 1 N–H and O–H groups in total. The summed E-state index contributed by atoms with van der Waals surface area (Å²) in [4.78, 5) is 25.7. The molecule has 0 radical (unpaired) electrons. The van der Waals surface area contributed by atoms with E-state index in [1.54, 1.807) is 18.2 Å². The van der Waals surface area contributed by atoms with E-state index in [0.29, 0.717) is 25.0 Å². The van der Waals surface area contributed by atoms with E-state index in [4.69, 9.17) is 11.6 Å². The van der Waals surface area contributed by atoms with Gasteiger partial charge in [-0.25, -0.2) is 8.42 Å². The first-order valence-electron chi connectivity index (χ1n) is 11.3. The highest BCUT2D eigenvalue weighted by atomic mass is 35.5. The second-order valence-electron chi connectivity index (χ2n) is 9.24. The number of hydrogen-bond donors (Lipinski definition) is 1. The lowest BCUT2D eigenvalue weighted by Crippen LogP contribution is -2.57. The van der Waals surface area contributed by atoms with Crippen molar-refractivity contribution in [3.05, 3.63) is 79.8 Å². The summed E-state index contributed by atoms with van der Waals surface area (Å²) >= 11 is 6.16. The smallest absolute Gasteiger partial charge is 0.289 e. The topological polar surface area (TPSA) is 139 Å². The summed E-state index contributed by atoms with van der Waals surface area (Å²) in [5.74, 6) is 0. The van der Waals surface area contributed by atoms with Crippen LogP contribution in [0.5, 0.6) is 0 Å². The number of benzene rings is 3. The fourth-order valence-electron chi connectivity index (χ4n) is 5.92. The highest BCUT2D eigenvalue weighted by Crippen LogP contribution is 2.44. The van der Waals surface area contributed by atoms with Gasteiger partial charge in [0.15, 0.2) is 9.84 Å². The van der Waals surface area contributed by atoms with Crippen molar-refractivity contribution in [3.63, 3.8) is 0 Å². The number of halogens is 1. The number of non-ortho nitro benzene ring substituents is 1. The summed E-state index contributed by atoms with van der Waals surface area (Å²) in [7, 11) is -4.01. The average Bonchev–Trinajstić information content (AvgIpc) is 3.55. The van der Waals surface area contributed by atoms with Crippen molar-refractivity contribution < 1.29 is 18.3 Å². The van der Waals surface area contributed by atoms with Gasteiger partial charge < -0.3 is 4.90 Å². The van der Waals surface area contributed by atoms with Crippen molar-refractivity contribution in [2.24, 2.45) is 0 Å². The van der Waals surface area contributed by atoms with E-state index in [1.807, 2.05) is 12.1 Å². The molecule has 3 heterocycles.